The number of benzene rings is 1. The maximum atomic E-state index is 12.6. The van der Waals surface area contributed by atoms with Crippen molar-refractivity contribution in [2.75, 3.05) is 4.72 Å². The summed E-state index contributed by atoms with van der Waals surface area (Å²) in [6.07, 6.45) is 1.56. The average molecular weight is 399 g/mol. The third-order valence-corrected chi connectivity index (χ3v) is 6.03. The molecule has 0 atom stereocenters. The Kier molecular flexibility index (Phi) is 3.80. The van der Waals surface area contributed by atoms with Crippen molar-refractivity contribution in [3.05, 3.63) is 62.1 Å². The molecule has 1 aliphatic heterocycles. The van der Waals surface area contributed by atoms with Gasteiger partial charge in [0.1, 0.15) is 0 Å². The average Bonchev–Trinajstić information content (AvgIpc) is 2.92. The number of nitrogens with one attached hydrogen (secondary N) is 3. The Bertz CT molecular complexity index is 1150. The lowest BCUT2D eigenvalue weighted by Gasteiger charge is -2.29. The van der Waals surface area contributed by atoms with Crippen LogP contribution >= 0.6 is 23.2 Å². The minimum Gasteiger partial charge on any atom is -0.358 e. The number of halogens is 2. The quantitative estimate of drug-likeness (QED) is 0.618. The standard InChI is InChI=1S/C15H12Cl2N4O3S/c16-10-4-8-6-21(7-9-2-1-3-12(22)19-9)25(23,24)20-14(8)15-13(10)11(17)5-18-15/h1-5,18,20H,6-7H2,(H,19,22). The molecule has 7 nitrogen and oxygen atoms in total. The molecule has 1 aromatic carbocycles. The molecule has 2 aromatic heterocycles. The van der Waals surface area contributed by atoms with Crippen molar-refractivity contribution in [3.63, 3.8) is 0 Å². The van der Waals surface area contributed by atoms with E-state index in [2.05, 4.69) is 14.7 Å². The maximum absolute atomic E-state index is 12.6. The fraction of sp³-hybridized carbons (Fsp3) is 0.133. The molecule has 10 heteroatoms. The van der Waals surface area contributed by atoms with Gasteiger partial charge < -0.3 is 9.97 Å². The molecule has 3 aromatic rings. The molecule has 0 bridgehead atoms. The molecule has 130 valence electrons. The Balaban J connectivity index is 1.79. The lowest BCUT2D eigenvalue weighted by atomic mass is 10.1. The number of hydrogen-bond donors (Lipinski definition) is 3. The molecule has 3 N–H and O–H groups in total. The highest BCUT2D eigenvalue weighted by Gasteiger charge is 2.31. The molecule has 0 radical (unpaired) electrons. The van der Waals surface area contributed by atoms with Crippen LogP contribution in [0.3, 0.4) is 0 Å². The molecule has 4 rings (SSSR count). The predicted molar refractivity (Wildman–Crippen MR) is 97.2 cm³/mol. The van der Waals surface area contributed by atoms with Crippen molar-refractivity contribution in [1.29, 1.82) is 0 Å². The van der Waals surface area contributed by atoms with E-state index in [1.54, 1.807) is 24.4 Å². The molecule has 0 aliphatic carbocycles. The number of anilines is 1. The van der Waals surface area contributed by atoms with Gasteiger partial charge in [-0.1, -0.05) is 29.3 Å². The second-order valence-electron chi connectivity index (χ2n) is 5.69. The Morgan fingerprint density at radius 1 is 1.20 bits per heavy atom. The normalized spacial score (nSPS) is 16.6. The van der Waals surface area contributed by atoms with E-state index in [4.69, 9.17) is 23.2 Å². The van der Waals surface area contributed by atoms with E-state index in [0.717, 1.165) is 0 Å². The van der Waals surface area contributed by atoms with Gasteiger partial charge in [0.05, 0.1) is 27.8 Å². The number of fused-ring (bicyclic) bond motifs is 3. The van der Waals surface area contributed by atoms with Crippen LogP contribution in [0.4, 0.5) is 5.69 Å². The molecular weight excluding hydrogens is 387 g/mol. The monoisotopic (exact) mass is 398 g/mol. The Labute approximate surface area is 152 Å². The van der Waals surface area contributed by atoms with Crippen LogP contribution in [0, 0.1) is 0 Å². The summed E-state index contributed by atoms with van der Waals surface area (Å²) in [4.78, 5) is 17.0. The summed E-state index contributed by atoms with van der Waals surface area (Å²) in [6.45, 7) is 0.153. The van der Waals surface area contributed by atoms with Crippen LogP contribution in [0.15, 0.2) is 35.3 Å². The van der Waals surface area contributed by atoms with Crippen LogP contribution in [-0.2, 0) is 23.3 Å². The minimum atomic E-state index is -3.79. The van der Waals surface area contributed by atoms with Gasteiger partial charge in [0.25, 0.3) is 0 Å². The van der Waals surface area contributed by atoms with Crippen LogP contribution in [0.5, 0.6) is 0 Å². The smallest absolute Gasteiger partial charge is 0.302 e. The number of nitrogens with zero attached hydrogens (tertiary/aromatic N) is 1. The van der Waals surface area contributed by atoms with Gasteiger partial charge in [0.15, 0.2) is 0 Å². The highest BCUT2D eigenvalue weighted by atomic mass is 35.5. The Morgan fingerprint density at radius 2 is 2.00 bits per heavy atom. The van der Waals surface area contributed by atoms with Gasteiger partial charge in [-0.2, -0.15) is 12.7 Å². The summed E-state index contributed by atoms with van der Waals surface area (Å²) in [5.41, 5.74) is 1.90. The van der Waals surface area contributed by atoms with Crippen molar-refractivity contribution < 1.29 is 8.42 Å². The lowest BCUT2D eigenvalue weighted by Crippen LogP contribution is -2.39. The zero-order valence-corrected chi connectivity index (χ0v) is 15.0. The molecule has 0 spiro atoms. The summed E-state index contributed by atoms with van der Waals surface area (Å²) in [7, 11) is -3.79. The van der Waals surface area contributed by atoms with Crippen molar-refractivity contribution in [2.24, 2.45) is 0 Å². The van der Waals surface area contributed by atoms with Crippen LogP contribution in [0.25, 0.3) is 10.9 Å². The molecule has 0 saturated heterocycles. The first-order chi connectivity index (χ1) is 11.8. The van der Waals surface area contributed by atoms with E-state index in [-0.39, 0.29) is 18.6 Å². The summed E-state index contributed by atoms with van der Waals surface area (Å²) in [5, 5.41) is 1.44. The maximum Gasteiger partial charge on any atom is 0.302 e. The zero-order chi connectivity index (χ0) is 17.8. The number of H-pyrrole nitrogens is 2. The number of pyridine rings is 1. The van der Waals surface area contributed by atoms with E-state index in [1.807, 2.05) is 0 Å². The van der Waals surface area contributed by atoms with Crippen LogP contribution < -0.4 is 10.3 Å². The second-order valence-corrected chi connectivity index (χ2v) is 8.18. The lowest BCUT2D eigenvalue weighted by molar-refractivity contribution is 0.396. The molecule has 3 heterocycles. The Morgan fingerprint density at radius 3 is 2.76 bits per heavy atom. The van der Waals surface area contributed by atoms with Gasteiger partial charge in [-0.25, -0.2) is 0 Å². The van der Waals surface area contributed by atoms with Gasteiger partial charge >= 0.3 is 10.2 Å². The largest absolute Gasteiger partial charge is 0.358 e. The van der Waals surface area contributed by atoms with Gasteiger partial charge in [-0.05, 0) is 17.7 Å². The number of hydrogen-bond acceptors (Lipinski definition) is 3. The highest BCUT2D eigenvalue weighted by molar-refractivity contribution is 7.90. The molecule has 0 fully saturated rings. The number of aromatic amines is 2. The van der Waals surface area contributed by atoms with Crippen LogP contribution in [0.2, 0.25) is 10.0 Å². The van der Waals surface area contributed by atoms with Crippen molar-refractivity contribution >= 4 is 50.0 Å². The second kappa shape index (κ2) is 5.77. The van der Waals surface area contributed by atoms with E-state index < -0.39 is 10.2 Å². The topological polar surface area (TPSA) is 98.1 Å². The van der Waals surface area contributed by atoms with Crippen LogP contribution in [-0.4, -0.2) is 22.7 Å². The molecule has 1 aliphatic rings. The fourth-order valence-electron chi connectivity index (χ4n) is 2.91. The predicted octanol–water partition coefficient (Wildman–Crippen LogP) is 2.84. The third-order valence-electron chi connectivity index (χ3n) is 4.04. The molecular formula is C15H12Cl2N4O3S. The van der Waals surface area contributed by atoms with E-state index >= 15 is 0 Å². The van der Waals surface area contributed by atoms with E-state index in [1.165, 1.54) is 10.4 Å². The summed E-state index contributed by atoms with van der Waals surface area (Å²) in [5.74, 6) is 0. The summed E-state index contributed by atoms with van der Waals surface area (Å²) in [6, 6.07) is 6.30. The van der Waals surface area contributed by atoms with Gasteiger partial charge in [0.2, 0.25) is 5.56 Å². The first-order valence-corrected chi connectivity index (χ1v) is 9.49. The van der Waals surface area contributed by atoms with Crippen molar-refractivity contribution in [3.8, 4) is 0 Å². The first-order valence-electron chi connectivity index (χ1n) is 7.29. The van der Waals surface area contributed by atoms with E-state index in [0.29, 0.717) is 37.9 Å². The highest BCUT2D eigenvalue weighted by Crippen LogP contribution is 2.40. The fourth-order valence-corrected chi connectivity index (χ4v) is 4.78. The molecule has 0 unspecified atom stereocenters. The third kappa shape index (κ3) is 2.81. The van der Waals surface area contributed by atoms with Crippen LogP contribution in [0.1, 0.15) is 11.3 Å². The SMILES string of the molecule is O=c1cccc(CN2Cc3cc(Cl)c4c(Cl)c[nH]c4c3NS2(=O)=O)[nH]1. The van der Waals surface area contributed by atoms with Crippen molar-refractivity contribution in [1.82, 2.24) is 14.3 Å². The number of aromatic nitrogens is 2. The zero-order valence-electron chi connectivity index (χ0n) is 12.6. The summed E-state index contributed by atoms with van der Waals surface area (Å²) < 4.78 is 29.0. The summed E-state index contributed by atoms with van der Waals surface area (Å²) >= 11 is 12.4. The van der Waals surface area contributed by atoms with Crippen molar-refractivity contribution in [2.45, 2.75) is 13.1 Å². The number of rotatable bonds is 2. The van der Waals surface area contributed by atoms with E-state index in [9.17, 15) is 13.2 Å². The van der Waals surface area contributed by atoms with Gasteiger partial charge in [0, 0.05) is 29.9 Å². The van der Waals surface area contributed by atoms with Gasteiger partial charge in [-0.15, -0.1) is 0 Å². The first kappa shape index (κ1) is 16.5. The van der Waals surface area contributed by atoms with Gasteiger partial charge in [-0.3, -0.25) is 9.52 Å². The molecule has 25 heavy (non-hydrogen) atoms. The minimum absolute atomic E-state index is 0.0337. The Hall–Kier alpha value is -2.00. The molecule has 0 amide bonds. The molecule has 0 saturated carbocycles.